The van der Waals surface area contributed by atoms with E-state index in [1.807, 2.05) is 0 Å². The van der Waals surface area contributed by atoms with E-state index >= 15 is 0 Å². The first-order valence-corrected chi connectivity index (χ1v) is 10.3. The Morgan fingerprint density at radius 2 is 1.82 bits per heavy atom. The first-order valence-electron chi connectivity index (χ1n) is 8.89. The Labute approximate surface area is 163 Å². The van der Waals surface area contributed by atoms with E-state index in [-0.39, 0.29) is 16.1 Å². The molecule has 1 saturated heterocycles. The molecule has 148 valence electrons. The molecule has 1 aliphatic heterocycles. The van der Waals surface area contributed by atoms with Crippen LogP contribution in [0.5, 0.6) is 5.75 Å². The highest BCUT2D eigenvalue weighted by atomic mass is 32.2. The molecule has 2 aromatic carbocycles. The lowest BCUT2D eigenvalue weighted by atomic mass is 10.2. The normalized spacial score (nSPS) is 15.8. The number of non-ortho nitro benzene ring substituents is 1. The van der Waals surface area contributed by atoms with Crippen molar-refractivity contribution in [2.24, 2.45) is 4.99 Å². The molecule has 1 heterocycles. The SMILES string of the molecule is Cc1ccc(N=Cc2cc([N+](=O)[O-])ccc2[O-])cc1S(=O)(=O)N1CCCCC1. The van der Waals surface area contributed by atoms with E-state index < -0.39 is 20.7 Å². The Morgan fingerprint density at radius 1 is 1.11 bits per heavy atom. The molecule has 0 bridgehead atoms. The van der Waals surface area contributed by atoms with Gasteiger partial charge in [0.15, 0.2) is 0 Å². The molecular formula is C19H20N3O5S-. The smallest absolute Gasteiger partial charge is 0.270 e. The average Bonchev–Trinajstić information content (AvgIpc) is 2.68. The maximum absolute atomic E-state index is 13.0. The number of nitro benzene ring substituents is 1. The Kier molecular flexibility index (Phi) is 5.76. The molecule has 2 aromatic rings. The maximum Gasteiger partial charge on any atom is 0.270 e. The van der Waals surface area contributed by atoms with Crippen LogP contribution in [0.1, 0.15) is 30.4 Å². The van der Waals surface area contributed by atoms with Crippen LogP contribution >= 0.6 is 0 Å². The van der Waals surface area contributed by atoms with E-state index in [4.69, 9.17) is 0 Å². The van der Waals surface area contributed by atoms with Crippen molar-refractivity contribution >= 4 is 27.6 Å². The van der Waals surface area contributed by atoms with Crippen molar-refractivity contribution in [1.82, 2.24) is 4.31 Å². The van der Waals surface area contributed by atoms with Crippen molar-refractivity contribution in [3.8, 4) is 5.75 Å². The molecule has 0 saturated carbocycles. The van der Waals surface area contributed by atoms with Gasteiger partial charge in [0.1, 0.15) is 0 Å². The Balaban J connectivity index is 1.93. The van der Waals surface area contributed by atoms with Gasteiger partial charge in [-0.15, -0.1) is 0 Å². The summed E-state index contributed by atoms with van der Waals surface area (Å²) < 4.78 is 27.4. The van der Waals surface area contributed by atoms with E-state index in [1.165, 1.54) is 16.6 Å². The molecule has 0 N–H and O–H groups in total. The third kappa shape index (κ3) is 4.20. The highest BCUT2D eigenvalue weighted by Gasteiger charge is 2.27. The average molecular weight is 402 g/mol. The number of hydrogen-bond acceptors (Lipinski definition) is 6. The molecule has 0 aromatic heterocycles. The molecule has 0 amide bonds. The van der Waals surface area contributed by atoms with Gasteiger partial charge in [-0.25, -0.2) is 8.42 Å². The van der Waals surface area contributed by atoms with Crippen LogP contribution in [0.15, 0.2) is 46.3 Å². The lowest BCUT2D eigenvalue weighted by Gasteiger charge is -2.26. The van der Waals surface area contributed by atoms with Crippen molar-refractivity contribution in [3.63, 3.8) is 0 Å². The quantitative estimate of drug-likeness (QED) is 0.433. The molecule has 1 fully saturated rings. The third-order valence-corrected chi connectivity index (χ3v) is 6.70. The second kappa shape index (κ2) is 8.07. The van der Waals surface area contributed by atoms with Crippen LogP contribution in [0.25, 0.3) is 0 Å². The van der Waals surface area contributed by atoms with Crippen LogP contribution in [-0.4, -0.2) is 37.0 Å². The summed E-state index contributed by atoms with van der Waals surface area (Å²) in [4.78, 5) is 14.6. The van der Waals surface area contributed by atoms with Crippen molar-refractivity contribution in [2.75, 3.05) is 13.1 Å². The van der Waals surface area contributed by atoms with Crippen molar-refractivity contribution in [2.45, 2.75) is 31.1 Å². The number of rotatable bonds is 5. The van der Waals surface area contributed by atoms with Crippen molar-refractivity contribution < 1.29 is 18.4 Å². The zero-order valence-electron chi connectivity index (χ0n) is 15.4. The summed E-state index contributed by atoms with van der Waals surface area (Å²) in [5.74, 6) is -0.400. The topological polar surface area (TPSA) is 116 Å². The number of aryl methyl sites for hydroxylation is 1. The molecular weight excluding hydrogens is 382 g/mol. The Hall–Kier alpha value is -2.78. The Morgan fingerprint density at radius 3 is 2.50 bits per heavy atom. The molecule has 0 aliphatic carbocycles. The minimum absolute atomic E-state index is 0.0650. The number of nitrogens with zero attached hydrogens (tertiary/aromatic N) is 3. The van der Waals surface area contributed by atoms with Gasteiger partial charge in [-0.1, -0.05) is 24.3 Å². The molecule has 28 heavy (non-hydrogen) atoms. The first-order chi connectivity index (χ1) is 13.3. The van der Waals surface area contributed by atoms with Gasteiger partial charge in [-0.3, -0.25) is 15.1 Å². The molecule has 0 unspecified atom stereocenters. The predicted octanol–water partition coefficient (Wildman–Crippen LogP) is 2.90. The minimum Gasteiger partial charge on any atom is -0.872 e. The van der Waals surface area contributed by atoms with E-state index in [2.05, 4.69) is 4.99 Å². The number of sulfonamides is 1. The summed E-state index contributed by atoms with van der Waals surface area (Å²) in [6, 6.07) is 8.16. The summed E-state index contributed by atoms with van der Waals surface area (Å²) in [5, 5.41) is 22.8. The van der Waals surface area contributed by atoms with Gasteiger partial charge in [0, 0.05) is 31.4 Å². The zero-order valence-corrected chi connectivity index (χ0v) is 16.2. The molecule has 8 nitrogen and oxygen atoms in total. The summed E-state index contributed by atoms with van der Waals surface area (Å²) in [5.41, 5.74) is 0.824. The first kappa shape index (κ1) is 20.0. The second-order valence-electron chi connectivity index (χ2n) is 6.65. The van der Waals surface area contributed by atoms with E-state index in [0.29, 0.717) is 24.3 Å². The highest BCUT2D eigenvalue weighted by Crippen LogP contribution is 2.27. The molecule has 0 spiro atoms. The fourth-order valence-electron chi connectivity index (χ4n) is 3.09. The second-order valence-corrected chi connectivity index (χ2v) is 8.56. The van der Waals surface area contributed by atoms with Gasteiger partial charge in [-0.2, -0.15) is 4.31 Å². The van der Waals surface area contributed by atoms with Crippen LogP contribution in [0, 0.1) is 17.0 Å². The highest BCUT2D eigenvalue weighted by molar-refractivity contribution is 7.89. The standard InChI is InChI=1S/C19H21N3O5S/c1-14-5-6-16(12-19(14)28(26,27)21-9-3-2-4-10-21)20-13-15-11-17(22(24)25)7-8-18(15)23/h5-8,11-13,23H,2-4,9-10H2,1H3/p-1. The van der Waals surface area contributed by atoms with E-state index in [1.54, 1.807) is 19.1 Å². The van der Waals surface area contributed by atoms with Gasteiger partial charge in [0.2, 0.25) is 10.0 Å². The minimum atomic E-state index is -3.62. The summed E-state index contributed by atoms with van der Waals surface area (Å²) in [6.07, 6.45) is 3.93. The molecule has 9 heteroatoms. The van der Waals surface area contributed by atoms with Crippen LogP contribution in [0.2, 0.25) is 0 Å². The number of nitro groups is 1. The summed E-state index contributed by atoms with van der Waals surface area (Å²) >= 11 is 0. The van der Waals surface area contributed by atoms with E-state index in [9.17, 15) is 23.6 Å². The van der Waals surface area contributed by atoms with Gasteiger partial charge < -0.3 is 5.11 Å². The largest absolute Gasteiger partial charge is 0.872 e. The molecule has 0 atom stereocenters. The number of hydrogen-bond donors (Lipinski definition) is 0. The molecule has 3 rings (SSSR count). The zero-order chi connectivity index (χ0) is 20.3. The monoisotopic (exact) mass is 402 g/mol. The van der Waals surface area contributed by atoms with Crippen LogP contribution in [0.3, 0.4) is 0 Å². The fraction of sp³-hybridized carbons (Fsp3) is 0.316. The van der Waals surface area contributed by atoms with E-state index in [0.717, 1.165) is 37.5 Å². The third-order valence-electron chi connectivity index (χ3n) is 4.66. The lowest BCUT2D eigenvalue weighted by molar-refractivity contribution is -0.385. The number of piperidine rings is 1. The summed E-state index contributed by atoms with van der Waals surface area (Å²) in [6.45, 7) is 2.73. The predicted molar refractivity (Wildman–Crippen MR) is 104 cm³/mol. The maximum atomic E-state index is 13.0. The number of benzene rings is 2. The van der Waals surface area contributed by atoms with Crippen LogP contribution < -0.4 is 5.11 Å². The number of aliphatic imine (C=N–C) groups is 1. The van der Waals surface area contributed by atoms with Gasteiger partial charge in [0.05, 0.1) is 15.5 Å². The van der Waals surface area contributed by atoms with Gasteiger partial charge in [-0.05, 0) is 43.0 Å². The van der Waals surface area contributed by atoms with Gasteiger partial charge in [0.25, 0.3) is 5.69 Å². The lowest BCUT2D eigenvalue weighted by Crippen LogP contribution is -2.35. The van der Waals surface area contributed by atoms with Crippen molar-refractivity contribution in [3.05, 3.63) is 57.6 Å². The summed E-state index contributed by atoms with van der Waals surface area (Å²) in [7, 11) is -3.62. The molecule has 0 radical (unpaired) electrons. The van der Waals surface area contributed by atoms with Crippen LogP contribution in [0.4, 0.5) is 11.4 Å². The van der Waals surface area contributed by atoms with Crippen molar-refractivity contribution in [1.29, 1.82) is 0 Å². The fourth-order valence-corrected chi connectivity index (χ4v) is 4.85. The van der Waals surface area contributed by atoms with Gasteiger partial charge >= 0.3 is 0 Å². The molecule has 1 aliphatic rings. The van der Waals surface area contributed by atoms with Crippen LogP contribution in [-0.2, 0) is 10.0 Å². The Bertz CT molecular complexity index is 1030.